The molecule has 0 bridgehead atoms. The highest BCUT2D eigenvalue weighted by atomic mass is 16.5. The summed E-state index contributed by atoms with van der Waals surface area (Å²) in [6.07, 6.45) is 4.56. The van der Waals surface area contributed by atoms with Gasteiger partial charge in [0, 0.05) is 18.5 Å². The third-order valence-electron chi connectivity index (χ3n) is 4.68. The molecular weight excluding hydrogens is 398 g/mol. The molecular formula is C24H17NO6. The number of hydrogen-bond acceptors (Lipinski definition) is 7. The molecule has 4 rings (SSSR count). The summed E-state index contributed by atoms with van der Waals surface area (Å²) < 4.78 is 15.8. The Morgan fingerprint density at radius 3 is 2.48 bits per heavy atom. The molecule has 7 nitrogen and oxygen atoms in total. The number of allylic oxidation sites excluding steroid dienone is 1. The molecule has 0 radical (unpaired) electrons. The Morgan fingerprint density at radius 2 is 1.81 bits per heavy atom. The first-order valence-corrected chi connectivity index (χ1v) is 9.36. The average Bonchev–Trinajstić information content (AvgIpc) is 3.09. The molecule has 3 aromatic rings. The lowest BCUT2D eigenvalue weighted by Gasteiger charge is -2.07. The van der Waals surface area contributed by atoms with Crippen molar-refractivity contribution >= 4 is 23.8 Å². The van der Waals surface area contributed by atoms with Crippen molar-refractivity contribution in [1.29, 1.82) is 0 Å². The molecule has 0 N–H and O–H groups in total. The number of carbonyl (C=O) groups excluding carboxylic acids is 3. The van der Waals surface area contributed by atoms with Crippen LogP contribution in [0, 0.1) is 6.92 Å². The summed E-state index contributed by atoms with van der Waals surface area (Å²) in [5.41, 5.74) is 2.44. The zero-order valence-corrected chi connectivity index (χ0v) is 16.7. The zero-order chi connectivity index (χ0) is 22.0. The van der Waals surface area contributed by atoms with E-state index < -0.39 is 11.9 Å². The number of Topliss-reactive ketones (excluding diaryl/α,β-unsaturated/α-hetero) is 1. The number of nitrogens with zero attached hydrogens (tertiary/aromatic N) is 1. The van der Waals surface area contributed by atoms with E-state index in [-0.39, 0.29) is 17.3 Å². The van der Waals surface area contributed by atoms with Gasteiger partial charge in [-0.3, -0.25) is 9.78 Å². The van der Waals surface area contributed by atoms with E-state index in [0.29, 0.717) is 33.6 Å². The summed E-state index contributed by atoms with van der Waals surface area (Å²) in [6, 6.07) is 12.9. The minimum Gasteiger partial charge on any atom is -0.465 e. The molecule has 2 heterocycles. The third kappa shape index (κ3) is 4.06. The summed E-state index contributed by atoms with van der Waals surface area (Å²) in [5.74, 6) is -0.547. The van der Waals surface area contributed by atoms with Crippen molar-refractivity contribution < 1.29 is 28.6 Å². The molecule has 7 heteroatoms. The second-order valence-corrected chi connectivity index (χ2v) is 6.80. The number of carbonyl (C=O) groups is 3. The van der Waals surface area contributed by atoms with E-state index in [2.05, 4.69) is 9.72 Å². The smallest absolute Gasteiger partial charge is 0.345 e. The number of benzene rings is 2. The van der Waals surface area contributed by atoms with Crippen LogP contribution in [0.4, 0.5) is 0 Å². The first-order chi connectivity index (χ1) is 15.0. The SMILES string of the molecule is COC(=O)c1ccc(/C=C2\Oc3cc(OC(=O)c4cccnc4)cc(C)c3C2=O)cc1. The number of ether oxygens (including phenoxy) is 3. The standard InChI is InChI=1S/C24H17NO6/c1-14-10-18(30-24(28)17-4-3-9-25-13-17)12-19-21(14)22(26)20(31-19)11-15-5-7-16(8-6-15)23(27)29-2/h3-13H,1-2H3/b20-11-. The molecule has 1 aromatic heterocycles. The van der Waals surface area contributed by atoms with Crippen LogP contribution in [0.1, 0.15) is 42.2 Å². The van der Waals surface area contributed by atoms with Crippen LogP contribution in [0.2, 0.25) is 0 Å². The molecule has 0 spiro atoms. The highest BCUT2D eigenvalue weighted by Gasteiger charge is 2.30. The molecule has 0 aliphatic carbocycles. The van der Waals surface area contributed by atoms with E-state index in [1.54, 1.807) is 61.7 Å². The Kier molecular flexibility index (Phi) is 5.32. The van der Waals surface area contributed by atoms with Crippen molar-refractivity contribution in [3.8, 4) is 11.5 Å². The Bertz CT molecular complexity index is 1210. The Labute approximate surface area is 177 Å². The lowest BCUT2D eigenvalue weighted by atomic mass is 10.0. The number of aryl methyl sites for hydroxylation is 1. The summed E-state index contributed by atoms with van der Waals surface area (Å²) >= 11 is 0. The highest BCUT2D eigenvalue weighted by Crippen LogP contribution is 2.37. The Morgan fingerprint density at radius 1 is 1.03 bits per heavy atom. The number of aromatic nitrogens is 1. The summed E-state index contributed by atoms with van der Waals surface area (Å²) in [5, 5.41) is 0. The second-order valence-electron chi connectivity index (χ2n) is 6.80. The molecule has 0 saturated carbocycles. The number of fused-ring (bicyclic) bond motifs is 1. The maximum absolute atomic E-state index is 12.8. The maximum atomic E-state index is 12.8. The van der Waals surface area contributed by atoms with Gasteiger partial charge in [0.25, 0.3) is 0 Å². The number of methoxy groups -OCH3 is 1. The molecule has 0 saturated heterocycles. The van der Waals surface area contributed by atoms with Crippen LogP contribution in [-0.4, -0.2) is 29.8 Å². The second kappa shape index (κ2) is 8.23. The summed E-state index contributed by atoms with van der Waals surface area (Å²) in [6.45, 7) is 1.75. The molecule has 2 aromatic carbocycles. The van der Waals surface area contributed by atoms with E-state index in [0.717, 1.165) is 0 Å². The predicted octanol–water partition coefficient (Wildman–Crippen LogP) is 4.01. The first kappa shape index (κ1) is 20.0. The third-order valence-corrected chi connectivity index (χ3v) is 4.68. The van der Waals surface area contributed by atoms with E-state index in [1.807, 2.05) is 0 Å². The van der Waals surface area contributed by atoms with Gasteiger partial charge in [-0.05, 0) is 54.5 Å². The number of pyridine rings is 1. The van der Waals surface area contributed by atoms with Crippen LogP contribution in [0.5, 0.6) is 11.5 Å². The number of rotatable bonds is 4. The van der Waals surface area contributed by atoms with Crippen LogP contribution in [0.15, 0.2) is 66.7 Å². The largest absolute Gasteiger partial charge is 0.465 e. The molecule has 31 heavy (non-hydrogen) atoms. The van der Waals surface area contributed by atoms with Crippen LogP contribution in [0.3, 0.4) is 0 Å². The number of ketones is 1. The minimum absolute atomic E-state index is 0.139. The van der Waals surface area contributed by atoms with Crippen molar-refractivity contribution in [2.45, 2.75) is 6.92 Å². The van der Waals surface area contributed by atoms with Gasteiger partial charge in [-0.25, -0.2) is 9.59 Å². The molecule has 1 aliphatic heterocycles. The van der Waals surface area contributed by atoms with Gasteiger partial charge in [-0.2, -0.15) is 0 Å². The molecule has 0 atom stereocenters. The fraction of sp³-hybridized carbons (Fsp3) is 0.0833. The highest BCUT2D eigenvalue weighted by molar-refractivity contribution is 6.15. The van der Waals surface area contributed by atoms with Gasteiger partial charge in [-0.1, -0.05) is 12.1 Å². The summed E-state index contributed by atoms with van der Waals surface area (Å²) in [7, 11) is 1.31. The van der Waals surface area contributed by atoms with Crippen LogP contribution >= 0.6 is 0 Å². The summed E-state index contributed by atoms with van der Waals surface area (Å²) in [4.78, 5) is 40.5. The normalized spacial score (nSPS) is 13.5. The van der Waals surface area contributed by atoms with Gasteiger partial charge in [0.1, 0.15) is 11.5 Å². The molecule has 1 aliphatic rings. The molecule has 0 fully saturated rings. The maximum Gasteiger partial charge on any atom is 0.345 e. The van der Waals surface area contributed by atoms with E-state index in [1.165, 1.54) is 19.4 Å². The minimum atomic E-state index is -0.557. The lowest BCUT2D eigenvalue weighted by Crippen LogP contribution is -2.09. The lowest BCUT2D eigenvalue weighted by molar-refractivity contribution is 0.0600. The van der Waals surface area contributed by atoms with Crippen molar-refractivity contribution in [3.05, 3.63) is 94.5 Å². The van der Waals surface area contributed by atoms with Crippen molar-refractivity contribution in [1.82, 2.24) is 4.98 Å². The monoisotopic (exact) mass is 415 g/mol. The van der Waals surface area contributed by atoms with Gasteiger partial charge in [0.05, 0.1) is 23.8 Å². The van der Waals surface area contributed by atoms with Gasteiger partial charge >= 0.3 is 11.9 Å². The molecule has 0 unspecified atom stereocenters. The zero-order valence-electron chi connectivity index (χ0n) is 16.7. The average molecular weight is 415 g/mol. The fourth-order valence-corrected chi connectivity index (χ4v) is 3.17. The van der Waals surface area contributed by atoms with Crippen LogP contribution in [-0.2, 0) is 4.74 Å². The van der Waals surface area contributed by atoms with Gasteiger partial charge in [-0.15, -0.1) is 0 Å². The van der Waals surface area contributed by atoms with Crippen molar-refractivity contribution in [2.75, 3.05) is 7.11 Å². The van der Waals surface area contributed by atoms with Gasteiger partial charge in [0.2, 0.25) is 5.78 Å². The van der Waals surface area contributed by atoms with Crippen LogP contribution < -0.4 is 9.47 Å². The molecule has 0 amide bonds. The Balaban J connectivity index is 1.57. The van der Waals surface area contributed by atoms with Gasteiger partial charge < -0.3 is 14.2 Å². The Hall–Kier alpha value is -4.26. The van der Waals surface area contributed by atoms with Crippen molar-refractivity contribution in [2.24, 2.45) is 0 Å². The topological polar surface area (TPSA) is 91.8 Å². The van der Waals surface area contributed by atoms with Crippen LogP contribution in [0.25, 0.3) is 6.08 Å². The van der Waals surface area contributed by atoms with E-state index in [4.69, 9.17) is 9.47 Å². The first-order valence-electron chi connectivity index (χ1n) is 9.36. The number of hydrogen-bond donors (Lipinski definition) is 0. The van der Waals surface area contributed by atoms with Gasteiger partial charge in [0.15, 0.2) is 5.76 Å². The van der Waals surface area contributed by atoms with E-state index >= 15 is 0 Å². The fourth-order valence-electron chi connectivity index (χ4n) is 3.17. The van der Waals surface area contributed by atoms with E-state index in [9.17, 15) is 14.4 Å². The quantitative estimate of drug-likeness (QED) is 0.361. The number of esters is 2. The van der Waals surface area contributed by atoms with Crippen molar-refractivity contribution in [3.63, 3.8) is 0 Å². The predicted molar refractivity (Wildman–Crippen MR) is 111 cm³/mol. The molecule has 154 valence electrons.